The average Bonchev–Trinajstić information content (AvgIpc) is 3.11. The van der Waals surface area contributed by atoms with Crippen LogP contribution in [0.5, 0.6) is 0 Å². The van der Waals surface area contributed by atoms with E-state index in [4.69, 9.17) is 0 Å². The van der Waals surface area contributed by atoms with Gasteiger partial charge in [0.15, 0.2) is 0 Å². The minimum Gasteiger partial charge on any atom is -0.329 e. The molecule has 0 saturated heterocycles. The molecule has 0 fully saturated rings. The van der Waals surface area contributed by atoms with Gasteiger partial charge in [-0.3, -0.25) is 0 Å². The molecule has 6 nitrogen and oxygen atoms in total. The molecule has 0 aliphatic rings. The van der Waals surface area contributed by atoms with Crippen LogP contribution in [0.1, 0.15) is 11.5 Å². The van der Waals surface area contributed by atoms with Crippen LogP contribution in [0.15, 0.2) is 57.9 Å². The first-order valence-corrected chi connectivity index (χ1v) is 8.89. The minimum absolute atomic E-state index is 0.0694. The Morgan fingerprint density at radius 2 is 1.63 bits per heavy atom. The number of benzene rings is 2. The zero-order valence-electron chi connectivity index (χ0n) is 13.4. The van der Waals surface area contributed by atoms with Crippen LogP contribution in [0.25, 0.3) is 11.4 Å². The maximum absolute atomic E-state index is 12.9. The maximum atomic E-state index is 12.9. The molecule has 0 spiro atoms. The van der Waals surface area contributed by atoms with Crippen LogP contribution in [0, 0.1) is 5.82 Å². The molecule has 1 aromatic heterocycles. The van der Waals surface area contributed by atoms with E-state index in [-0.39, 0.29) is 22.8 Å². The Balaban J connectivity index is 1.69. The quantitative estimate of drug-likeness (QED) is 0.663. The molecule has 0 atom stereocenters. The molecule has 0 bridgehead atoms. The van der Waals surface area contributed by atoms with Gasteiger partial charge in [0.2, 0.25) is 15.8 Å². The molecular formula is C16H11F4N3O3S. The molecule has 142 valence electrons. The molecule has 0 radical (unpaired) electrons. The van der Waals surface area contributed by atoms with Crippen molar-refractivity contribution < 1.29 is 30.5 Å². The second-order valence-corrected chi connectivity index (χ2v) is 7.16. The fraction of sp³-hybridized carbons (Fsp3) is 0.125. The molecule has 1 heterocycles. The van der Waals surface area contributed by atoms with Crippen molar-refractivity contribution >= 4 is 10.0 Å². The van der Waals surface area contributed by atoms with E-state index in [2.05, 4.69) is 19.4 Å². The third-order valence-electron chi connectivity index (χ3n) is 3.47. The lowest BCUT2D eigenvalue weighted by molar-refractivity contribution is -0.159. The highest BCUT2D eigenvalue weighted by molar-refractivity contribution is 7.89. The number of alkyl halides is 3. The fourth-order valence-electron chi connectivity index (χ4n) is 2.10. The maximum Gasteiger partial charge on any atom is 0.471 e. The first-order chi connectivity index (χ1) is 12.6. The van der Waals surface area contributed by atoms with Crippen molar-refractivity contribution in [1.29, 1.82) is 0 Å². The molecule has 1 N–H and O–H groups in total. The Labute approximate surface area is 150 Å². The molecule has 11 heteroatoms. The summed E-state index contributed by atoms with van der Waals surface area (Å²) in [6.45, 7) is -0.0694. The van der Waals surface area contributed by atoms with E-state index in [9.17, 15) is 26.0 Å². The molecule has 0 unspecified atom stereocenters. The van der Waals surface area contributed by atoms with Gasteiger partial charge in [-0.2, -0.15) is 18.2 Å². The average molecular weight is 401 g/mol. The minimum atomic E-state index is -4.73. The largest absolute Gasteiger partial charge is 0.471 e. The van der Waals surface area contributed by atoms with Crippen molar-refractivity contribution in [1.82, 2.24) is 14.9 Å². The Hall–Kier alpha value is -2.79. The molecule has 0 aliphatic carbocycles. The second-order valence-electron chi connectivity index (χ2n) is 5.40. The predicted octanol–water partition coefficient (Wildman–Crippen LogP) is 3.37. The van der Waals surface area contributed by atoms with E-state index in [1.54, 1.807) is 0 Å². The number of aromatic nitrogens is 2. The van der Waals surface area contributed by atoms with Gasteiger partial charge in [0, 0.05) is 12.1 Å². The normalized spacial score (nSPS) is 12.3. The van der Waals surface area contributed by atoms with Crippen LogP contribution in [-0.4, -0.2) is 18.6 Å². The van der Waals surface area contributed by atoms with Crippen LogP contribution in [0.2, 0.25) is 0 Å². The summed E-state index contributed by atoms with van der Waals surface area (Å²) in [5.41, 5.74) is 0.823. The number of nitrogens with one attached hydrogen (secondary N) is 1. The Morgan fingerprint density at radius 1 is 1.00 bits per heavy atom. The number of hydrogen-bond acceptors (Lipinski definition) is 5. The van der Waals surface area contributed by atoms with E-state index in [1.807, 2.05) is 0 Å². The Morgan fingerprint density at radius 3 is 2.19 bits per heavy atom. The molecule has 2 aromatic carbocycles. The van der Waals surface area contributed by atoms with Gasteiger partial charge in [0.1, 0.15) is 5.82 Å². The zero-order valence-corrected chi connectivity index (χ0v) is 14.2. The molecule has 3 rings (SSSR count). The third-order valence-corrected chi connectivity index (χ3v) is 4.89. The lowest BCUT2D eigenvalue weighted by Crippen LogP contribution is -2.23. The lowest BCUT2D eigenvalue weighted by Gasteiger charge is -2.07. The van der Waals surface area contributed by atoms with Gasteiger partial charge in [0.25, 0.3) is 0 Å². The van der Waals surface area contributed by atoms with E-state index in [1.165, 1.54) is 24.3 Å². The molecular weight excluding hydrogens is 390 g/mol. The summed E-state index contributed by atoms with van der Waals surface area (Å²) in [4.78, 5) is 3.18. The molecule has 0 amide bonds. The van der Waals surface area contributed by atoms with Crippen LogP contribution in [0.3, 0.4) is 0 Å². The second kappa shape index (κ2) is 7.08. The summed E-state index contributed by atoms with van der Waals surface area (Å²) in [6, 6.07) is 10.2. The van der Waals surface area contributed by atoms with Crippen LogP contribution in [0.4, 0.5) is 17.6 Å². The summed E-state index contributed by atoms with van der Waals surface area (Å²) >= 11 is 0. The number of halogens is 4. The van der Waals surface area contributed by atoms with E-state index in [0.29, 0.717) is 5.56 Å². The fourth-order valence-corrected chi connectivity index (χ4v) is 3.12. The van der Waals surface area contributed by atoms with Gasteiger partial charge < -0.3 is 4.52 Å². The highest BCUT2D eigenvalue weighted by atomic mass is 32.2. The predicted molar refractivity (Wildman–Crippen MR) is 85.2 cm³/mol. The lowest BCUT2D eigenvalue weighted by atomic mass is 10.1. The zero-order chi connectivity index (χ0) is 19.7. The van der Waals surface area contributed by atoms with Crippen molar-refractivity contribution in [3.63, 3.8) is 0 Å². The topological polar surface area (TPSA) is 85.1 Å². The van der Waals surface area contributed by atoms with Gasteiger partial charge in [-0.25, -0.2) is 17.5 Å². The van der Waals surface area contributed by atoms with Crippen molar-refractivity contribution in [3.05, 3.63) is 65.8 Å². The van der Waals surface area contributed by atoms with Gasteiger partial charge in [-0.15, -0.1) is 0 Å². The molecule has 0 saturated carbocycles. The third kappa shape index (κ3) is 4.49. The number of rotatable bonds is 5. The van der Waals surface area contributed by atoms with Crippen LogP contribution >= 0.6 is 0 Å². The van der Waals surface area contributed by atoms with Gasteiger partial charge >= 0.3 is 12.1 Å². The van der Waals surface area contributed by atoms with Crippen molar-refractivity contribution in [2.45, 2.75) is 17.6 Å². The Bertz CT molecular complexity index is 1030. The van der Waals surface area contributed by atoms with E-state index in [0.717, 1.165) is 24.3 Å². The van der Waals surface area contributed by atoms with Crippen molar-refractivity contribution in [2.24, 2.45) is 0 Å². The van der Waals surface area contributed by atoms with Crippen LogP contribution in [-0.2, 0) is 22.7 Å². The number of sulfonamides is 1. The van der Waals surface area contributed by atoms with Crippen LogP contribution < -0.4 is 4.72 Å². The molecule has 3 aromatic rings. The Kier molecular flexibility index (Phi) is 4.98. The van der Waals surface area contributed by atoms with Crippen molar-refractivity contribution in [3.8, 4) is 11.4 Å². The van der Waals surface area contributed by atoms with Gasteiger partial charge in [0.05, 0.1) is 4.90 Å². The summed E-state index contributed by atoms with van der Waals surface area (Å²) in [7, 11) is -3.83. The standard InChI is InChI=1S/C16H11F4N3O3S/c17-12-5-7-13(8-6-12)27(24,25)21-9-10-1-3-11(4-2-10)14-22-15(26-23-14)16(18,19)20/h1-8,21H,9H2. The first-order valence-electron chi connectivity index (χ1n) is 7.40. The first kappa shape index (κ1) is 19.0. The molecule has 0 aliphatic heterocycles. The number of hydrogen-bond donors (Lipinski definition) is 1. The number of nitrogens with zero attached hydrogens (tertiary/aromatic N) is 2. The highest BCUT2D eigenvalue weighted by Gasteiger charge is 2.38. The van der Waals surface area contributed by atoms with Gasteiger partial charge in [-0.1, -0.05) is 29.4 Å². The monoisotopic (exact) mass is 401 g/mol. The summed E-state index contributed by atoms with van der Waals surface area (Å²) < 4.78 is 81.1. The summed E-state index contributed by atoms with van der Waals surface area (Å²) in [5.74, 6) is -2.24. The highest BCUT2D eigenvalue weighted by Crippen LogP contribution is 2.29. The summed E-state index contributed by atoms with van der Waals surface area (Å²) in [5, 5.41) is 3.27. The summed E-state index contributed by atoms with van der Waals surface area (Å²) in [6.07, 6.45) is -4.73. The smallest absolute Gasteiger partial charge is 0.329 e. The SMILES string of the molecule is O=S(=O)(NCc1ccc(-c2noc(C(F)(F)F)n2)cc1)c1ccc(F)cc1. The van der Waals surface area contributed by atoms with E-state index >= 15 is 0 Å². The van der Waals surface area contributed by atoms with E-state index < -0.39 is 27.9 Å². The van der Waals surface area contributed by atoms with Gasteiger partial charge in [-0.05, 0) is 29.8 Å². The van der Waals surface area contributed by atoms with Crippen molar-refractivity contribution in [2.75, 3.05) is 0 Å². The molecule has 27 heavy (non-hydrogen) atoms.